The van der Waals surface area contributed by atoms with Crippen molar-refractivity contribution in [3.8, 4) is 11.1 Å². The van der Waals surface area contributed by atoms with Gasteiger partial charge >= 0.3 is 0 Å². The van der Waals surface area contributed by atoms with Gasteiger partial charge in [-0.3, -0.25) is 4.98 Å². The van der Waals surface area contributed by atoms with E-state index < -0.39 is 0 Å². The largest absolute Gasteiger partial charge is 0.392 e. The van der Waals surface area contributed by atoms with E-state index in [-0.39, 0.29) is 12.4 Å². The minimum absolute atomic E-state index is 0.0907. The average Bonchev–Trinajstić information content (AvgIpc) is 2.31. The molecule has 82 valence electrons. The van der Waals surface area contributed by atoms with Crippen LogP contribution in [0, 0.1) is 12.7 Å². The number of halogens is 1. The predicted molar refractivity (Wildman–Crippen MR) is 60.3 cm³/mol. The first-order chi connectivity index (χ1) is 7.72. The molecular formula is C13H12FNO. The van der Waals surface area contributed by atoms with E-state index in [9.17, 15) is 4.39 Å². The van der Waals surface area contributed by atoms with Crippen molar-refractivity contribution in [2.45, 2.75) is 13.5 Å². The molecule has 2 rings (SSSR count). The van der Waals surface area contributed by atoms with Crippen LogP contribution >= 0.6 is 0 Å². The predicted octanol–water partition coefficient (Wildman–Crippen LogP) is 2.69. The van der Waals surface area contributed by atoms with Crippen molar-refractivity contribution in [3.05, 3.63) is 53.6 Å². The van der Waals surface area contributed by atoms with Gasteiger partial charge in [0.25, 0.3) is 0 Å². The summed E-state index contributed by atoms with van der Waals surface area (Å²) in [6.45, 7) is 1.81. The zero-order valence-corrected chi connectivity index (χ0v) is 8.94. The van der Waals surface area contributed by atoms with E-state index >= 15 is 0 Å². The average molecular weight is 217 g/mol. The van der Waals surface area contributed by atoms with E-state index in [4.69, 9.17) is 5.11 Å². The minimum atomic E-state index is -0.298. The first-order valence-corrected chi connectivity index (χ1v) is 5.02. The van der Waals surface area contributed by atoms with E-state index in [0.29, 0.717) is 11.1 Å². The van der Waals surface area contributed by atoms with Crippen LogP contribution in [-0.4, -0.2) is 10.1 Å². The summed E-state index contributed by atoms with van der Waals surface area (Å²) < 4.78 is 13.7. The number of pyridine rings is 1. The summed E-state index contributed by atoms with van der Waals surface area (Å²) in [5.74, 6) is -0.298. The van der Waals surface area contributed by atoms with Crippen LogP contribution < -0.4 is 0 Å². The molecule has 0 atom stereocenters. The molecule has 0 aliphatic heterocycles. The third-order valence-electron chi connectivity index (χ3n) is 2.54. The molecule has 0 unspecified atom stereocenters. The van der Waals surface area contributed by atoms with Gasteiger partial charge in [-0.1, -0.05) is 6.07 Å². The maximum absolute atomic E-state index is 13.7. The molecule has 16 heavy (non-hydrogen) atoms. The Labute approximate surface area is 93.4 Å². The van der Waals surface area contributed by atoms with Crippen LogP contribution in [0.15, 0.2) is 36.7 Å². The normalized spacial score (nSPS) is 10.4. The zero-order chi connectivity index (χ0) is 11.5. The highest BCUT2D eigenvalue weighted by Crippen LogP contribution is 2.26. The molecule has 0 radical (unpaired) electrons. The molecule has 0 spiro atoms. The molecule has 1 aromatic heterocycles. The summed E-state index contributed by atoms with van der Waals surface area (Å²) in [7, 11) is 0. The van der Waals surface area contributed by atoms with Crippen molar-refractivity contribution in [2.75, 3.05) is 0 Å². The number of hydrogen-bond donors (Lipinski definition) is 1. The molecule has 1 heterocycles. The summed E-state index contributed by atoms with van der Waals surface area (Å²) in [6.07, 6.45) is 3.31. The second kappa shape index (κ2) is 4.41. The van der Waals surface area contributed by atoms with Crippen molar-refractivity contribution in [1.82, 2.24) is 4.98 Å². The maximum atomic E-state index is 13.7. The summed E-state index contributed by atoms with van der Waals surface area (Å²) >= 11 is 0. The van der Waals surface area contributed by atoms with Gasteiger partial charge in [0, 0.05) is 23.5 Å². The van der Waals surface area contributed by atoms with Crippen LogP contribution in [0.3, 0.4) is 0 Å². The van der Waals surface area contributed by atoms with E-state index in [2.05, 4.69) is 4.98 Å². The van der Waals surface area contributed by atoms with Crippen LogP contribution in [0.5, 0.6) is 0 Å². The molecule has 3 heteroatoms. The fraction of sp³-hybridized carbons (Fsp3) is 0.154. The van der Waals surface area contributed by atoms with Crippen LogP contribution in [0.2, 0.25) is 0 Å². The molecule has 1 aromatic carbocycles. The second-order valence-electron chi connectivity index (χ2n) is 3.66. The van der Waals surface area contributed by atoms with Gasteiger partial charge in [0.1, 0.15) is 5.82 Å². The topological polar surface area (TPSA) is 33.1 Å². The minimum Gasteiger partial charge on any atom is -0.392 e. The van der Waals surface area contributed by atoms with Crippen LogP contribution in [0.1, 0.15) is 11.1 Å². The number of nitrogens with zero attached hydrogens (tertiary/aromatic N) is 1. The number of aryl methyl sites for hydroxylation is 1. The van der Waals surface area contributed by atoms with Crippen LogP contribution in [0.25, 0.3) is 11.1 Å². The number of aromatic nitrogens is 1. The summed E-state index contributed by atoms with van der Waals surface area (Å²) in [5.41, 5.74) is 2.90. The van der Waals surface area contributed by atoms with Crippen molar-refractivity contribution in [1.29, 1.82) is 0 Å². The third-order valence-corrected chi connectivity index (χ3v) is 2.54. The van der Waals surface area contributed by atoms with Gasteiger partial charge in [-0.25, -0.2) is 4.39 Å². The summed E-state index contributed by atoms with van der Waals surface area (Å²) in [6, 6.07) is 6.43. The van der Waals surface area contributed by atoms with Gasteiger partial charge in [0.2, 0.25) is 0 Å². The Kier molecular flexibility index (Phi) is 2.97. The standard InChI is InChI=1S/C13H12FNO/c1-9-4-5-15-7-12(9)11-6-10(8-16)2-3-13(11)14/h2-7,16H,8H2,1H3. The van der Waals surface area contributed by atoms with Gasteiger partial charge in [0.15, 0.2) is 0 Å². The highest BCUT2D eigenvalue weighted by molar-refractivity contribution is 5.67. The molecule has 0 bridgehead atoms. The Bertz CT molecular complexity index is 511. The molecule has 0 aliphatic rings. The SMILES string of the molecule is Cc1ccncc1-c1cc(CO)ccc1F. The molecule has 0 saturated carbocycles. The Morgan fingerprint density at radius 2 is 2.06 bits per heavy atom. The zero-order valence-electron chi connectivity index (χ0n) is 8.94. The van der Waals surface area contributed by atoms with Gasteiger partial charge in [-0.15, -0.1) is 0 Å². The van der Waals surface area contributed by atoms with Crippen molar-refractivity contribution < 1.29 is 9.50 Å². The van der Waals surface area contributed by atoms with E-state index in [1.807, 2.05) is 13.0 Å². The molecule has 0 saturated heterocycles. The van der Waals surface area contributed by atoms with E-state index in [1.54, 1.807) is 24.5 Å². The Balaban J connectivity index is 2.59. The molecule has 1 N–H and O–H groups in total. The van der Waals surface area contributed by atoms with Gasteiger partial charge < -0.3 is 5.11 Å². The fourth-order valence-corrected chi connectivity index (χ4v) is 1.62. The lowest BCUT2D eigenvalue weighted by atomic mass is 10.0. The summed E-state index contributed by atoms with van der Waals surface area (Å²) in [5, 5.41) is 9.03. The van der Waals surface area contributed by atoms with E-state index in [1.165, 1.54) is 6.07 Å². The van der Waals surface area contributed by atoms with E-state index in [0.717, 1.165) is 11.1 Å². The van der Waals surface area contributed by atoms with Crippen molar-refractivity contribution >= 4 is 0 Å². The van der Waals surface area contributed by atoms with Crippen molar-refractivity contribution in [3.63, 3.8) is 0 Å². The number of hydrogen-bond acceptors (Lipinski definition) is 2. The summed E-state index contributed by atoms with van der Waals surface area (Å²) in [4.78, 5) is 3.99. The van der Waals surface area contributed by atoms with Gasteiger partial charge in [0.05, 0.1) is 6.61 Å². The number of rotatable bonds is 2. The lowest BCUT2D eigenvalue weighted by molar-refractivity contribution is 0.282. The van der Waals surface area contributed by atoms with Crippen LogP contribution in [-0.2, 0) is 6.61 Å². The number of aliphatic hydroxyl groups is 1. The molecule has 0 aliphatic carbocycles. The lowest BCUT2D eigenvalue weighted by Gasteiger charge is -2.07. The quantitative estimate of drug-likeness (QED) is 0.839. The first-order valence-electron chi connectivity index (χ1n) is 5.02. The highest BCUT2D eigenvalue weighted by Gasteiger charge is 2.08. The molecule has 2 nitrogen and oxygen atoms in total. The molecule has 0 amide bonds. The number of benzene rings is 1. The third kappa shape index (κ3) is 1.95. The Hall–Kier alpha value is -1.74. The molecule has 0 fully saturated rings. The second-order valence-corrected chi connectivity index (χ2v) is 3.66. The highest BCUT2D eigenvalue weighted by atomic mass is 19.1. The number of aliphatic hydroxyl groups excluding tert-OH is 1. The van der Waals surface area contributed by atoms with Gasteiger partial charge in [-0.2, -0.15) is 0 Å². The smallest absolute Gasteiger partial charge is 0.131 e. The molecule has 2 aromatic rings. The van der Waals surface area contributed by atoms with Crippen LogP contribution in [0.4, 0.5) is 4.39 Å². The Morgan fingerprint density at radius 3 is 2.75 bits per heavy atom. The maximum Gasteiger partial charge on any atom is 0.131 e. The fourth-order valence-electron chi connectivity index (χ4n) is 1.62. The monoisotopic (exact) mass is 217 g/mol. The molecular weight excluding hydrogens is 205 g/mol. The Morgan fingerprint density at radius 1 is 1.25 bits per heavy atom. The van der Waals surface area contributed by atoms with Crippen molar-refractivity contribution in [2.24, 2.45) is 0 Å². The lowest BCUT2D eigenvalue weighted by Crippen LogP contribution is -1.92. The first kappa shape index (κ1) is 10.8. The van der Waals surface area contributed by atoms with Gasteiger partial charge in [-0.05, 0) is 36.2 Å².